The number of methoxy groups -OCH3 is 1. The summed E-state index contributed by atoms with van der Waals surface area (Å²) in [4.78, 5) is 23.5. The Balaban J connectivity index is 1.78. The molecule has 24 heavy (non-hydrogen) atoms. The fourth-order valence-corrected chi connectivity index (χ4v) is 4.45. The molecule has 2 aromatic heterocycles. The minimum Gasteiger partial charge on any atom is -0.467 e. The van der Waals surface area contributed by atoms with Crippen LogP contribution in [0.5, 0.6) is 0 Å². The van der Waals surface area contributed by atoms with Crippen molar-refractivity contribution in [2.24, 2.45) is 0 Å². The molecule has 1 atom stereocenters. The molecule has 0 radical (unpaired) electrons. The third kappa shape index (κ3) is 2.53. The quantitative estimate of drug-likeness (QED) is 0.737. The van der Waals surface area contributed by atoms with E-state index in [1.165, 1.54) is 24.0 Å². The molecule has 1 aromatic carbocycles. The average Bonchev–Trinajstić information content (AvgIpc) is 3.20. The lowest BCUT2D eigenvalue weighted by molar-refractivity contribution is -0.141. The highest BCUT2D eigenvalue weighted by molar-refractivity contribution is 7.19. The van der Waals surface area contributed by atoms with Crippen LogP contribution in [0.1, 0.15) is 28.5 Å². The molecule has 1 N–H and O–H groups in total. The first-order valence-corrected chi connectivity index (χ1v) is 8.74. The molecule has 122 valence electrons. The zero-order valence-corrected chi connectivity index (χ0v) is 14.1. The first-order chi connectivity index (χ1) is 11.8. The summed E-state index contributed by atoms with van der Waals surface area (Å²) in [7, 11) is 1.40. The van der Waals surface area contributed by atoms with E-state index < -0.39 is 6.04 Å². The molecule has 2 heterocycles. The maximum atomic E-state index is 12.3. The fourth-order valence-electron chi connectivity index (χ4n) is 3.22. The van der Waals surface area contributed by atoms with Crippen LogP contribution in [0.4, 0.5) is 5.82 Å². The van der Waals surface area contributed by atoms with Crippen molar-refractivity contribution in [1.82, 2.24) is 9.97 Å². The molecule has 0 amide bonds. The molecule has 4 rings (SSSR count). The van der Waals surface area contributed by atoms with Crippen LogP contribution in [0.3, 0.4) is 0 Å². The number of carbonyl (C=O) groups is 1. The third-order valence-electron chi connectivity index (χ3n) is 4.35. The summed E-state index contributed by atoms with van der Waals surface area (Å²) in [5, 5.41) is 4.34. The van der Waals surface area contributed by atoms with E-state index in [0.717, 1.165) is 28.6 Å². The van der Waals surface area contributed by atoms with Crippen LogP contribution in [-0.4, -0.2) is 23.0 Å². The molecule has 1 aliphatic rings. The monoisotopic (exact) mass is 339 g/mol. The number of aryl methyl sites for hydroxylation is 2. The van der Waals surface area contributed by atoms with Gasteiger partial charge in [-0.3, -0.25) is 0 Å². The highest BCUT2D eigenvalue weighted by Crippen LogP contribution is 2.39. The Morgan fingerprint density at radius 3 is 2.88 bits per heavy atom. The summed E-state index contributed by atoms with van der Waals surface area (Å²) in [6.07, 6.45) is 4.88. The summed E-state index contributed by atoms with van der Waals surface area (Å²) < 4.78 is 4.98. The number of hydrogen-bond acceptors (Lipinski definition) is 6. The van der Waals surface area contributed by atoms with Gasteiger partial charge in [-0.15, -0.1) is 11.3 Å². The topological polar surface area (TPSA) is 64.1 Å². The maximum absolute atomic E-state index is 12.3. The van der Waals surface area contributed by atoms with Gasteiger partial charge in [0.1, 0.15) is 17.0 Å². The number of nitrogens with zero attached hydrogens (tertiary/aromatic N) is 2. The molecular formula is C18H17N3O2S. The van der Waals surface area contributed by atoms with Gasteiger partial charge in [0.05, 0.1) is 12.5 Å². The molecule has 0 fully saturated rings. The predicted molar refractivity (Wildman–Crippen MR) is 94.3 cm³/mol. The first kappa shape index (κ1) is 15.1. The zero-order valence-electron chi connectivity index (χ0n) is 13.3. The number of nitrogens with one attached hydrogen (secondary N) is 1. The molecule has 0 bridgehead atoms. The van der Waals surface area contributed by atoms with Crippen molar-refractivity contribution in [3.8, 4) is 0 Å². The number of esters is 1. The number of aromatic nitrogens is 2. The zero-order chi connectivity index (χ0) is 16.5. The van der Waals surface area contributed by atoms with Gasteiger partial charge in [0.2, 0.25) is 0 Å². The van der Waals surface area contributed by atoms with Crippen LogP contribution in [0.25, 0.3) is 10.2 Å². The van der Waals surface area contributed by atoms with Crippen molar-refractivity contribution >= 4 is 33.3 Å². The van der Waals surface area contributed by atoms with E-state index in [-0.39, 0.29) is 5.97 Å². The van der Waals surface area contributed by atoms with Crippen molar-refractivity contribution in [3.05, 3.63) is 52.7 Å². The van der Waals surface area contributed by atoms with Gasteiger partial charge < -0.3 is 10.1 Å². The lowest BCUT2D eigenvalue weighted by Crippen LogP contribution is -2.23. The number of anilines is 1. The minimum atomic E-state index is -0.591. The summed E-state index contributed by atoms with van der Waals surface area (Å²) in [6.45, 7) is 0. The van der Waals surface area contributed by atoms with Crippen LogP contribution in [0, 0.1) is 0 Å². The largest absolute Gasteiger partial charge is 0.467 e. The second-order valence-electron chi connectivity index (χ2n) is 5.77. The summed E-state index contributed by atoms with van der Waals surface area (Å²) in [6, 6.07) is 8.96. The predicted octanol–water partition coefficient (Wildman–Crippen LogP) is 3.51. The van der Waals surface area contributed by atoms with E-state index >= 15 is 0 Å². The molecule has 1 aliphatic carbocycles. The van der Waals surface area contributed by atoms with Gasteiger partial charge in [0.15, 0.2) is 6.04 Å². The Kier molecular flexibility index (Phi) is 3.90. The van der Waals surface area contributed by atoms with E-state index in [4.69, 9.17) is 4.74 Å². The fraction of sp³-hybridized carbons (Fsp3) is 0.278. The first-order valence-electron chi connectivity index (χ1n) is 7.92. The molecule has 0 spiro atoms. The van der Waals surface area contributed by atoms with E-state index in [2.05, 4.69) is 15.3 Å². The number of carbonyl (C=O) groups excluding carboxylic acids is 1. The van der Waals surface area contributed by atoms with Crippen LogP contribution in [-0.2, 0) is 22.4 Å². The van der Waals surface area contributed by atoms with Crippen LogP contribution in [0.15, 0.2) is 36.7 Å². The van der Waals surface area contributed by atoms with Crippen molar-refractivity contribution in [3.63, 3.8) is 0 Å². The van der Waals surface area contributed by atoms with Crippen LogP contribution >= 0.6 is 11.3 Å². The Morgan fingerprint density at radius 1 is 1.25 bits per heavy atom. The van der Waals surface area contributed by atoms with Crippen molar-refractivity contribution in [2.45, 2.75) is 25.3 Å². The number of fused-ring (bicyclic) bond motifs is 3. The highest BCUT2D eigenvalue weighted by Gasteiger charge is 2.26. The molecular weight excluding hydrogens is 322 g/mol. The van der Waals surface area contributed by atoms with Gasteiger partial charge >= 0.3 is 5.97 Å². The lowest BCUT2D eigenvalue weighted by atomic mass is 10.1. The van der Waals surface area contributed by atoms with Gasteiger partial charge in [-0.1, -0.05) is 30.3 Å². The van der Waals surface area contributed by atoms with E-state index in [9.17, 15) is 4.79 Å². The second-order valence-corrected chi connectivity index (χ2v) is 6.85. The smallest absolute Gasteiger partial charge is 0.333 e. The van der Waals surface area contributed by atoms with Gasteiger partial charge in [-0.25, -0.2) is 14.8 Å². The molecule has 3 aromatic rings. The van der Waals surface area contributed by atoms with E-state index in [1.54, 1.807) is 17.7 Å². The normalized spacial score (nSPS) is 14.4. The molecule has 1 unspecified atom stereocenters. The lowest BCUT2D eigenvalue weighted by Gasteiger charge is -2.18. The molecule has 6 heteroatoms. The van der Waals surface area contributed by atoms with Crippen molar-refractivity contribution < 1.29 is 9.53 Å². The Bertz CT molecular complexity index is 892. The summed E-state index contributed by atoms with van der Waals surface area (Å²) in [5.74, 6) is 0.374. The standard InChI is InChI=1S/C18H17N3O2S/c1-23-18(22)15(11-6-3-2-4-7-11)21-16-14-12-8-5-9-13(12)24-17(14)20-10-19-16/h2-4,6-7,10,15H,5,8-9H2,1H3,(H,19,20,21). The molecule has 0 aliphatic heterocycles. The van der Waals surface area contributed by atoms with Crippen molar-refractivity contribution in [1.29, 1.82) is 0 Å². The number of rotatable bonds is 4. The number of ether oxygens (including phenoxy) is 1. The van der Waals surface area contributed by atoms with E-state index in [1.807, 2.05) is 30.3 Å². The average molecular weight is 339 g/mol. The Hall–Kier alpha value is -2.47. The Morgan fingerprint density at radius 2 is 2.08 bits per heavy atom. The SMILES string of the molecule is COC(=O)C(Nc1ncnc2sc3c(c12)CCC3)c1ccccc1. The van der Waals surface area contributed by atoms with Gasteiger partial charge in [0.25, 0.3) is 0 Å². The third-order valence-corrected chi connectivity index (χ3v) is 5.55. The minimum absolute atomic E-state index is 0.333. The number of thiophene rings is 1. The van der Waals surface area contributed by atoms with Crippen LogP contribution < -0.4 is 5.32 Å². The maximum Gasteiger partial charge on any atom is 0.333 e. The number of benzene rings is 1. The molecule has 0 saturated carbocycles. The van der Waals surface area contributed by atoms with Gasteiger partial charge in [-0.2, -0.15) is 0 Å². The van der Waals surface area contributed by atoms with Crippen molar-refractivity contribution in [2.75, 3.05) is 12.4 Å². The summed E-state index contributed by atoms with van der Waals surface area (Å²) >= 11 is 1.73. The molecule has 5 nitrogen and oxygen atoms in total. The summed E-state index contributed by atoms with van der Waals surface area (Å²) in [5.41, 5.74) is 2.18. The molecule has 0 saturated heterocycles. The van der Waals surface area contributed by atoms with Crippen LogP contribution in [0.2, 0.25) is 0 Å². The number of hydrogen-bond donors (Lipinski definition) is 1. The van der Waals surface area contributed by atoms with Gasteiger partial charge in [-0.05, 0) is 30.4 Å². The highest BCUT2D eigenvalue weighted by atomic mass is 32.1. The van der Waals surface area contributed by atoms with Gasteiger partial charge in [0, 0.05) is 4.88 Å². The second kappa shape index (κ2) is 6.20. The van der Waals surface area contributed by atoms with E-state index in [0.29, 0.717) is 5.82 Å². The Labute approximate surface area is 143 Å².